The van der Waals surface area contributed by atoms with Gasteiger partial charge < -0.3 is 4.74 Å². The zero-order chi connectivity index (χ0) is 17.1. The molecule has 0 bridgehead atoms. The van der Waals surface area contributed by atoms with Gasteiger partial charge in [-0.15, -0.1) is 0 Å². The van der Waals surface area contributed by atoms with Crippen molar-refractivity contribution < 1.29 is 9.66 Å². The summed E-state index contributed by atoms with van der Waals surface area (Å²) in [5.41, 5.74) is 2.45. The Morgan fingerprint density at radius 1 is 1.17 bits per heavy atom. The van der Waals surface area contributed by atoms with Gasteiger partial charge in [-0.05, 0) is 36.4 Å². The third-order valence-corrected chi connectivity index (χ3v) is 3.51. The molecule has 2 aromatic carbocycles. The Bertz CT molecular complexity index is 922. The number of benzene rings is 2. The maximum Gasteiger partial charge on any atom is 0.269 e. The number of rotatable bonds is 4. The fourth-order valence-corrected chi connectivity index (χ4v) is 2.32. The fourth-order valence-electron chi connectivity index (χ4n) is 2.32. The summed E-state index contributed by atoms with van der Waals surface area (Å²) in [6.07, 6.45) is 0. The van der Waals surface area contributed by atoms with Gasteiger partial charge in [-0.3, -0.25) is 10.1 Å². The topological polar surface area (TPSA) is 94.0 Å². The molecule has 7 heteroatoms. The van der Waals surface area contributed by atoms with Gasteiger partial charge in [-0.25, -0.2) is 4.68 Å². The monoisotopic (exact) mass is 320 g/mol. The Hall–Kier alpha value is -3.66. The summed E-state index contributed by atoms with van der Waals surface area (Å²) >= 11 is 0. The molecule has 1 heterocycles. The number of non-ortho nitro benzene ring substituents is 1. The first-order valence-electron chi connectivity index (χ1n) is 7.02. The summed E-state index contributed by atoms with van der Waals surface area (Å²) in [6.45, 7) is 0. The molecular weight excluding hydrogens is 308 g/mol. The molecule has 0 aliphatic carbocycles. The van der Waals surface area contributed by atoms with Crippen molar-refractivity contribution >= 4 is 5.69 Å². The van der Waals surface area contributed by atoms with E-state index in [-0.39, 0.29) is 11.4 Å². The van der Waals surface area contributed by atoms with Gasteiger partial charge in [0.1, 0.15) is 11.8 Å². The van der Waals surface area contributed by atoms with Crippen LogP contribution in [0.5, 0.6) is 5.75 Å². The molecule has 118 valence electrons. The normalized spacial score (nSPS) is 10.2. The first-order valence-corrected chi connectivity index (χ1v) is 7.02. The molecule has 0 spiro atoms. The minimum Gasteiger partial charge on any atom is -0.497 e. The first-order chi connectivity index (χ1) is 11.6. The largest absolute Gasteiger partial charge is 0.497 e. The van der Waals surface area contributed by atoms with Crippen molar-refractivity contribution in [1.82, 2.24) is 9.78 Å². The second-order valence-electron chi connectivity index (χ2n) is 4.94. The van der Waals surface area contributed by atoms with Gasteiger partial charge in [-0.2, -0.15) is 10.4 Å². The Kier molecular flexibility index (Phi) is 3.95. The van der Waals surface area contributed by atoms with E-state index < -0.39 is 4.92 Å². The summed E-state index contributed by atoms with van der Waals surface area (Å²) in [5.74, 6) is 0.723. The van der Waals surface area contributed by atoms with E-state index in [9.17, 15) is 10.1 Å². The van der Waals surface area contributed by atoms with Crippen LogP contribution in [-0.2, 0) is 0 Å². The van der Waals surface area contributed by atoms with Crippen molar-refractivity contribution in [3.63, 3.8) is 0 Å². The molecule has 24 heavy (non-hydrogen) atoms. The molecule has 0 aliphatic rings. The number of nitrogens with zero attached hydrogens (tertiary/aromatic N) is 4. The summed E-state index contributed by atoms with van der Waals surface area (Å²) in [4.78, 5) is 10.3. The second-order valence-corrected chi connectivity index (χ2v) is 4.94. The third kappa shape index (κ3) is 2.80. The standard InChI is InChI=1S/C17H12N4O3/c1-24-16-8-2-12(3-9-16)17-10-13(11-18)19-20(17)14-4-6-15(7-5-14)21(22)23/h2-10H,1H3. The van der Waals surface area contributed by atoms with Crippen LogP contribution in [0.4, 0.5) is 5.69 Å². The van der Waals surface area contributed by atoms with Crippen molar-refractivity contribution in [3.8, 4) is 28.8 Å². The number of methoxy groups -OCH3 is 1. The molecule has 0 aliphatic heterocycles. The zero-order valence-electron chi connectivity index (χ0n) is 12.7. The van der Waals surface area contributed by atoms with Gasteiger partial charge in [0.25, 0.3) is 5.69 Å². The summed E-state index contributed by atoms with van der Waals surface area (Å²) in [6, 6.07) is 17.0. The molecule has 1 aromatic heterocycles. The van der Waals surface area contributed by atoms with E-state index in [1.54, 1.807) is 30.0 Å². The lowest BCUT2D eigenvalue weighted by molar-refractivity contribution is -0.384. The SMILES string of the molecule is COc1ccc(-c2cc(C#N)nn2-c2ccc([N+](=O)[O-])cc2)cc1. The van der Waals surface area contributed by atoms with Crippen molar-refractivity contribution in [2.75, 3.05) is 7.11 Å². The van der Waals surface area contributed by atoms with Gasteiger partial charge >= 0.3 is 0 Å². The fraction of sp³-hybridized carbons (Fsp3) is 0.0588. The lowest BCUT2D eigenvalue weighted by Crippen LogP contribution is -2.00. The van der Waals surface area contributed by atoms with Crippen LogP contribution in [0.3, 0.4) is 0 Å². The number of hydrogen-bond donors (Lipinski definition) is 0. The van der Waals surface area contributed by atoms with E-state index in [1.165, 1.54) is 12.1 Å². The molecule has 0 N–H and O–H groups in total. The van der Waals surface area contributed by atoms with E-state index in [0.717, 1.165) is 11.3 Å². The van der Waals surface area contributed by atoms with Gasteiger partial charge in [0.15, 0.2) is 5.69 Å². The molecule has 0 atom stereocenters. The van der Waals surface area contributed by atoms with Crippen molar-refractivity contribution in [2.45, 2.75) is 0 Å². The molecule has 0 fully saturated rings. The van der Waals surface area contributed by atoms with Crippen LogP contribution in [-0.4, -0.2) is 21.8 Å². The van der Waals surface area contributed by atoms with Crippen LogP contribution < -0.4 is 4.74 Å². The number of ether oxygens (including phenoxy) is 1. The Labute approximate surface area is 137 Å². The Morgan fingerprint density at radius 2 is 1.83 bits per heavy atom. The molecule has 0 saturated heterocycles. The summed E-state index contributed by atoms with van der Waals surface area (Å²) in [5, 5.41) is 24.2. The highest BCUT2D eigenvalue weighted by molar-refractivity contribution is 5.64. The molecule has 0 radical (unpaired) electrons. The van der Waals surface area contributed by atoms with Crippen LogP contribution in [0.25, 0.3) is 16.9 Å². The van der Waals surface area contributed by atoms with Crippen LogP contribution in [0.2, 0.25) is 0 Å². The first kappa shape index (κ1) is 15.2. The molecular formula is C17H12N4O3. The Morgan fingerprint density at radius 3 is 2.38 bits per heavy atom. The van der Waals surface area contributed by atoms with Gasteiger partial charge in [0, 0.05) is 23.8 Å². The van der Waals surface area contributed by atoms with E-state index >= 15 is 0 Å². The van der Waals surface area contributed by atoms with Crippen LogP contribution in [0.1, 0.15) is 5.69 Å². The van der Waals surface area contributed by atoms with Crippen LogP contribution in [0, 0.1) is 21.4 Å². The van der Waals surface area contributed by atoms with Crippen molar-refractivity contribution in [1.29, 1.82) is 5.26 Å². The maximum atomic E-state index is 10.8. The number of nitriles is 1. The lowest BCUT2D eigenvalue weighted by atomic mass is 10.1. The molecule has 0 amide bonds. The average Bonchev–Trinajstić information content (AvgIpc) is 3.06. The number of nitro groups is 1. The summed E-state index contributed by atoms with van der Waals surface area (Å²) in [7, 11) is 1.59. The van der Waals surface area contributed by atoms with E-state index in [0.29, 0.717) is 11.4 Å². The zero-order valence-corrected chi connectivity index (χ0v) is 12.7. The lowest BCUT2D eigenvalue weighted by Gasteiger charge is -2.08. The quantitative estimate of drug-likeness (QED) is 0.543. The van der Waals surface area contributed by atoms with E-state index in [1.807, 2.05) is 30.3 Å². The Balaban J connectivity index is 2.08. The summed E-state index contributed by atoms with van der Waals surface area (Å²) < 4.78 is 6.73. The highest BCUT2D eigenvalue weighted by Gasteiger charge is 2.13. The van der Waals surface area contributed by atoms with Crippen LogP contribution >= 0.6 is 0 Å². The predicted molar refractivity (Wildman–Crippen MR) is 86.9 cm³/mol. The minimum atomic E-state index is -0.460. The molecule has 0 saturated carbocycles. The van der Waals surface area contributed by atoms with Crippen molar-refractivity contribution in [3.05, 3.63) is 70.4 Å². The molecule has 7 nitrogen and oxygen atoms in total. The smallest absolute Gasteiger partial charge is 0.269 e. The highest BCUT2D eigenvalue weighted by Crippen LogP contribution is 2.26. The predicted octanol–water partition coefficient (Wildman–Crippen LogP) is 3.33. The molecule has 3 aromatic rings. The maximum absolute atomic E-state index is 10.8. The van der Waals surface area contributed by atoms with Gasteiger partial charge in [-0.1, -0.05) is 0 Å². The molecule has 3 rings (SSSR count). The van der Waals surface area contributed by atoms with E-state index in [2.05, 4.69) is 5.10 Å². The number of hydrogen-bond acceptors (Lipinski definition) is 5. The van der Waals surface area contributed by atoms with Gasteiger partial charge in [0.2, 0.25) is 0 Å². The highest BCUT2D eigenvalue weighted by atomic mass is 16.6. The third-order valence-electron chi connectivity index (χ3n) is 3.51. The van der Waals surface area contributed by atoms with E-state index in [4.69, 9.17) is 10.00 Å². The van der Waals surface area contributed by atoms with Gasteiger partial charge in [0.05, 0.1) is 23.4 Å². The molecule has 0 unspecified atom stereocenters. The minimum absolute atomic E-state index is 0.00240. The van der Waals surface area contributed by atoms with Crippen LogP contribution in [0.15, 0.2) is 54.6 Å². The average molecular weight is 320 g/mol. The number of nitro benzene ring substituents is 1. The van der Waals surface area contributed by atoms with Crippen molar-refractivity contribution in [2.24, 2.45) is 0 Å². The second kappa shape index (κ2) is 6.22. The number of aromatic nitrogens is 2.